The lowest BCUT2D eigenvalue weighted by molar-refractivity contribution is -0.137. The summed E-state index contributed by atoms with van der Waals surface area (Å²) < 4.78 is 43.9. The third kappa shape index (κ3) is 4.62. The van der Waals surface area contributed by atoms with Gasteiger partial charge in [0.2, 0.25) is 0 Å². The molecule has 0 fully saturated rings. The van der Waals surface area contributed by atoms with E-state index >= 15 is 0 Å². The fourth-order valence-electron chi connectivity index (χ4n) is 2.74. The highest BCUT2D eigenvalue weighted by atomic mass is 32.1. The molecule has 0 amide bonds. The van der Waals surface area contributed by atoms with Crippen LogP contribution in [0.5, 0.6) is 10.9 Å². The number of thiazole rings is 1. The van der Waals surface area contributed by atoms with E-state index in [9.17, 15) is 13.2 Å². The molecule has 0 aliphatic carbocycles. The van der Waals surface area contributed by atoms with Gasteiger partial charge in [-0.05, 0) is 30.3 Å². The quantitative estimate of drug-likeness (QED) is 0.446. The van der Waals surface area contributed by atoms with Crippen molar-refractivity contribution in [2.24, 2.45) is 0 Å². The highest BCUT2D eigenvalue weighted by molar-refractivity contribution is 7.11. The van der Waals surface area contributed by atoms with E-state index in [0.29, 0.717) is 18.2 Å². The predicted octanol–water partition coefficient (Wildman–Crippen LogP) is 5.55. The van der Waals surface area contributed by atoms with Gasteiger partial charge in [0, 0.05) is 23.7 Å². The maximum Gasteiger partial charge on any atom is 0.416 e. The summed E-state index contributed by atoms with van der Waals surface area (Å²) in [5, 5.41) is 6.32. The van der Waals surface area contributed by atoms with Crippen molar-refractivity contribution >= 4 is 28.1 Å². The summed E-state index contributed by atoms with van der Waals surface area (Å²) in [7, 11) is 0. The first-order chi connectivity index (χ1) is 14.0. The van der Waals surface area contributed by atoms with E-state index < -0.39 is 11.7 Å². The molecule has 0 unspecified atom stereocenters. The number of halogens is 3. The summed E-state index contributed by atoms with van der Waals surface area (Å²) in [6, 6.07) is 12.4. The van der Waals surface area contributed by atoms with Crippen LogP contribution in [0.25, 0.3) is 10.9 Å². The van der Waals surface area contributed by atoms with Crippen LogP contribution in [0.2, 0.25) is 0 Å². The molecule has 29 heavy (non-hydrogen) atoms. The number of nitrogens with zero attached hydrogens (tertiary/aromatic N) is 3. The number of fused-ring (bicyclic) bond motifs is 1. The van der Waals surface area contributed by atoms with E-state index in [-0.39, 0.29) is 5.75 Å². The molecule has 0 saturated heterocycles. The highest BCUT2D eigenvalue weighted by Crippen LogP contribution is 2.33. The topological polar surface area (TPSA) is 59.9 Å². The molecule has 0 atom stereocenters. The molecule has 2 aromatic carbocycles. The number of nitrogens with one attached hydrogen (secondary N) is 1. The van der Waals surface area contributed by atoms with E-state index in [4.69, 9.17) is 4.74 Å². The summed E-state index contributed by atoms with van der Waals surface area (Å²) in [6.07, 6.45) is -2.29. The molecule has 2 heterocycles. The Bertz CT molecular complexity index is 1120. The van der Waals surface area contributed by atoms with Crippen molar-refractivity contribution in [2.45, 2.75) is 12.6 Å². The molecule has 2 aromatic heterocycles. The Hall–Kier alpha value is -3.20. The molecule has 148 valence electrons. The fraction of sp³-hybridized carbons (Fsp3) is 0.150. The minimum Gasteiger partial charge on any atom is -0.431 e. The zero-order valence-corrected chi connectivity index (χ0v) is 15.8. The molecule has 0 bridgehead atoms. The molecule has 5 nitrogen and oxygen atoms in total. The van der Waals surface area contributed by atoms with Crippen molar-refractivity contribution in [3.05, 3.63) is 71.5 Å². The average molecular weight is 416 g/mol. The lowest BCUT2D eigenvalue weighted by Gasteiger charge is -2.08. The van der Waals surface area contributed by atoms with E-state index in [1.165, 1.54) is 29.8 Å². The van der Waals surface area contributed by atoms with Crippen molar-refractivity contribution < 1.29 is 17.9 Å². The number of anilines is 1. The Labute approximate surface area is 168 Å². The third-order valence-electron chi connectivity index (χ3n) is 4.11. The molecule has 0 aliphatic heterocycles. The molecule has 0 aliphatic rings. The van der Waals surface area contributed by atoms with Crippen LogP contribution >= 0.6 is 11.3 Å². The molecule has 0 spiro atoms. The van der Waals surface area contributed by atoms with Gasteiger partial charge in [0.1, 0.15) is 17.9 Å². The van der Waals surface area contributed by atoms with Gasteiger partial charge in [-0.1, -0.05) is 29.5 Å². The number of rotatable bonds is 6. The molecule has 1 N–H and O–H groups in total. The van der Waals surface area contributed by atoms with E-state index in [0.717, 1.165) is 34.5 Å². The molecular formula is C20H15F3N4OS. The van der Waals surface area contributed by atoms with Crippen LogP contribution in [-0.2, 0) is 12.6 Å². The van der Waals surface area contributed by atoms with Crippen LogP contribution < -0.4 is 10.1 Å². The Morgan fingerprint density at radius 2 is 1.90 bits per heavy atom. The summed E-state index contributed by atoms with van der Waals surface area (Å²) in [4.78, 5) is 12.8. The number of hydrogen-bond acceptors (Lipinski definition) is 6. The van der Waals surface area contributed by atoms with E-state index in [2.05, 4.69) is 20.3 Å². The smallest absolute Gasteiger partial charge is 0.416 e. The van der Waals surface area contributed by atoms with Crippen LogP contribution in [0.3, 0.4) is 0 Å². The van der Waals surface area contributed by atoms with Crippen molar-refractivity contribution in [1.29, 1.82) is 0 Å². The first-order valence-corrected chi connectivity index (χ1v) is 9.60. The second-order valence-electron chi connectivity index (χ2n) is 6.15. The molecule has 0 radical (unpaired) electrons. The van der Waals surface area contributed by atoms with Crippen molar-refractivity contribution in [3.8, 4) is 10.9 Å². The maximum absolute atomic E-state index is 12.8. The van der Waals surface area contributed by atoms with E-state index in [1.54, 1.807) is 0 Å². The van der Waals surface area contributed by atoms with Gasteiger partial charge in [-0.15, -0.1) is 0 Å². The van der Waals surface area contributed by atoms with Crippen molar-refractivity contribution in [1.82, 2.24) is 15.0 Å². The number of hydrogen-bond donors (Lipinski definition) is 1. The number of benzene rings is 2. The van der Waals surface area contributed by atoms with Crippen LogP contribution in [0.15, 0.2) is 60.2 Å². The summed E-state index contributed by atoms with van der Waals surface area (Å²) in [5.74, 6) is 0.845. The van der Waals surface area contributed by atoms with Gasteiger partial charge >= 0.3 is 6.18 Å². The predicted molar refractivity (Wildman–Crippen MR) is 105 cm³/mol. The Balaban J connectivity index is 1.37. The minimum atomic E-state index is -4.41. The van der Waals surface area contributed by atoms with Gasteiger partial charge in [0.25, 0.3) is 5.19 Å². The van der Waals surface area contributed by atoms with Gasteiger partial charge in [-0.2, -0.15) is 13.2 Å². The molecule has 4 aromatic rings. The molecule has 0 saturated carbocycles. The van der Waals surface area contributed by atoms with Gasteiger partial charge in [-0.3, -0.25) is 0 Å². The summed E-state index contributed by atoms with van der Waals surface area (Å²) >= 11 is 1.24. The number of para-hydroxylation sites is 1. The summed E-state index contributed by atoms with van der Waals surface area (Å²) in [6.45, 7) is 0.591. The Morgan fingerprint density at radius 1 is 1.03 bits per heavy atom. The van der Waals surface area contributed by atoms with Gasteiger partial charge in [0.05, 0.1) is 16.8 Å². The fourth-order valence-corrected chi connectivity index (χ4v) is 3.46. The molecule has 9 heteroatoms. The maximum atomic E-state index is 12.8. The van der Waals surface area contributed by atoms with Gasteiger partial charge in [0.15, 0.2) is 0 Å². The second-order valence-corrected chi connectivity index (χ2v) is 6.97. The number of ether oxygens (including phenoxy) is 1. The second kappa shape index (κ2) is 8.04. The van der Waals surface area contributed by atoms with Gasteiger partial charge < -0.3 is 10.1 Å². The van der Waals surface area contributed by atoms with Crippen LogP contribution in [-0.4, -0.2) is 21.5 Å². The molecular weight excluding hydrogens is 401 g/mol. The summed E-state index contributed by atoms with van der Waals surface area (Å²) in [5.41, 5.74) is 0.881. The minimum absolute atomic E-state index is 0.103. The van der Waals surface area contributed by atoms with E-state index in [1.807, 2.05) is 29.6 Å². The average Bonchev–Trinajstić information content (AvgIpc) is 3.15. The Morgan fingerprint density at radius 3 is 2.76 bits per heavy atom. The largest absolute Gasteiger partial charge is 0.431 e. The standard InChI is InChI=1S/C20H15F3N4OS/c21-20(22,23)13-4-3-5-15(10-13)28-19-27-14(11-29-19)8-9-24-18-16-6-1-2-7-17(16)25-12-26-18/h1-7,10-12H,8-9H2,(H,24,25,26). The molecule has 4 rings (SSSR count). The first kappa shape index (κ1) is 19.1. The van der Waals surface area contributed by atoms with Crippen LogP contribution in [0, 0.1) is 0 Å². The van der Waals surface area contributed by atoms with Crippen molar-refractivity contribution in [2.75, 3.05) is 11.9 Å². The SMILES string of the molecule is FC(F)(F)c1cccc(Oc2nc(CCNc3ncnc4ccccc34)cs2)c1. The highest BCUT2D eigenvalue weighted by Gasteiger charge is 2.30. The monoisotopic (exact) mass is 416 g/mol. The van der Waals surface area contributed by atoms with Gasteiger partial charge in [-0.25, -0.2) is 15.0 Å². The lowest BCUT2D eigenvalue weighted by Crippen LogP contribution is -2.07. The van der Waals surface area contributed by atoms with Crippen molar-refractivity contribution in [3.63, 3.8) is 0 Å². The zero-order chi connectivity index (χ0) is 20.3. The first-order valence-electron chi connectivity index (χ1n) is 8.72. The van der Waals surface area contributed by atoms with Crippen LogP contribution in [0.1, 0.15) is 11.3 Å². The number of aromatic nitrogens is 3. The third-order valence-corrected chi connectivity index (χ3v) is 4.88. The number of alkyl halides is 3. The lowest BCUT2D eigenvalue weighted by atomic mass is 10.2. The normalized spacial score (nSPS) is 11.6. The zero-order valence-electron chi connectivity index (χ0n) is 15.0. The van der Waals surface area contributed by atoms with Crippen LogP contribution in [0.4, 0.5) is 19.0 Å². The Kier molecular flexibility index (Phi) is 5.30.